The predicted molar refractivity (Wildman–Crippen MR) is 159 cm³/mol. The number of likely N-dealkylation sites (tertiary alicyclic amines) is 1. The van der Waals surface area contributed by atoms with E-state index in [0.717, 1.165) is 0 Å². The molecule has 3 aromatic rings. The molecule has 3 heterocycles. The molecule has 1 saturated heterocycles. The lowest BCUT2D eigenvalue weighted by atomic mass is 10.0. The zero-order chi connectivity index (χ0) is 29.5. The Morgan fingerprint density at radius 1 is 1.20 bits per heavy atom. The number of anilines is 1. The van der Waals surface area contributed by atoms with Gasteiger partial charge in [-0.2, -0.15) is 0 Å². The van der Waals surface area contributed by atoms with E-state index >= 15 is 0 Å². The SMILES string of the molecule is Cc1[nH]c(C=C2C(=O)Nc3ccc(S(=O)(=O)Cc4c(Cl)cccc4Cl)cc32)c(C)c1C(=O)NCCN1CCC(F)C1. The van der Waals surface area contributed by atoms with Crippen molar-refractivity contribution in [2.24, 2.45) is 0 Å². The van der Waals surface area contributed by atoms with E-state index in [1.165, 1.54) is 12.1 Å². The molecule has 1 fully saturated rings. The summed E-state index contributed by atoms with van der Waals surface area (Å²) in [5.41, 5.74) is 3.77. The molecule has 1 aromatic heterocycles. The molecular formula is C29H29Cl2FN4O4S. The second-order valence-corrected chi connectivity index (χ2v) is 13.1. The predicted octanol–water partition coefficient (Wildman–Crippen LogP) is 5.18. The number of aryl methyl sites for hydroxylation is 1. The molecule has 1 atom stereocenters. The first kappa shape index (κ1) is 29.3. The average Bonchev–Trinajstić information content (AvgIpc) is 3.55. The van der Waals surface area contributed by atoms with Crippen LogP contribution in [0.1, 0.15) is 44.9 Å². The monoisotopic (exact) mass is 618 g/mol. The van der Waals surface area contributed by atoms with Gasteiger partial charge in [0, 0.05) is 64.4 Å². The van der Waals surface area contributed by atoms with Gasteiger partial charge in [-0.1, -0.05) is 29.3 Å². The minimum Gasteiger partial charge on any atom is -0.358 e. The van der Waals surface area contributed by atoms with E-state index in [-0.39, 0.29) is 26.4 Å². The molecule has 3 N–H and O–H groups in total. The Morgan fingerprint density at radius 3 is 2.61 bits per heavy atom. The van der Waals surface area contributed by atoms with Crippen LogP contribution in [0.5, 0.6) is 0 Å². The molecule has 0 radical (unpaired) electrons. The van der Waals surface area contributed by atoms with Crippen molar-refractivity contribution < 1.29 is 22.4 Å². The van der Waals surface area contributed by atoms with Gasteiger partial charge >= 0.3 is 0 Å². The van der Waals surface area contributed by atoms with Crippen LogP contribution in [-0.2, 0) is 20.4 Å². The third-order valence-corrected chi connectivity index (χ3v) is 9.80. The average molecular weight is 620 g/mol. The summed E-state index contributed by atoms with van der Waals surface area (Å²) in [7, 11) is -3.85. The molecule has 1 unspecified atom stereocenters. The van der Waals surface area contributed by atoms with Crippen molar-refractivity contribution in [2.75, 3.05) is 31.5 Å². The fraction of sp³-hybridized carbons (Fsp3) is 0.310. The molecule has 0 bridgehead atoms. The van der Waals surface area contributed by atoms with Crippen LogP contribution < -0.4 is 10.6 Å². The van der Waals surface area contributed by atoms with E-state index < -0.39 is 27.7 Å². The molecule has 2 aromatic carbocycles. The number of carbonyl (C=O) groups excluding carboxylic acids is 2. The van der Waals surface area contributed by atoms with Crippen LogP contribution >= 0.6 is 23.2 Å². The number of benzene rings is 2. The molecular weight excluding hydrogens is 590 g/mol. The zero-order valence-electron chi connectivity index (χ0n) is 22.5. The van der Waals surface area contributed by atoms with Crippen molar-refractivity contribution >= 4 is 62.2 Å². The summed E-state index contributed by atoms with van der Waals surface area (Å²) in [4.78, 5) is 31.1. The normalized spacial score (nSPS) is 18.1. The van der Waals surface area contributed by atoms with Crippen LogP contribution in [0.4, 0.5) is 10.1 Å². The quantitative estimate of drug-likeness (QED) is 0.301. The first-order chi connectivity index (χ1) is 19.4. The molecule has 5 rings (SSSR count). The Labute approximate surface area is 247 Å². The number of rotatable bonds is 8. The van der Waals surface area contributed by atoms with Gasteiger partial charge in [0.1, 0.15) is 6.17 Å². The van der Waals surface area contributed by atoms with Gasteiger partial charge in [-0.15, -0.1) is 0 Å². The summed E-state index contributed by atoms with van der Waals surface area (Å²) in [5, 5.41) is 6.17. The Hall–Kier alpha value is -3.18. The maximum Gasteiger partial charge on any atom is 0.256 e. The minimum absolute atomic E-state index is 0.0196. The summed E-state index contributed by atoms with van der Waals surface area (Å²) >= 11 is 12.4. The number of hydrogen-bond acceptors (Lipinski definition) is 5. The van der Waals surface area contributed by atoms with Crippen molar-refractivity contribution in [3.63, 3.8) is 0 Å². The van der Waals surface area contributed by atoms with Gasteiger partial charge < -0.3 is 15.6 Å². The third kappa shape index (κ3) is 6.06. The number of fused-ring (bicyclic) bond motifs is 1. The summed E-state index contributed by atoms with van der Waals surface area (Å²) in [6.45, 7) is 5.56. The highest BCUT2D eigenvalue weighted by atomic mass is 35.5. The van der Waals surface area contributed by atoms with E-state index in [9.17, 15) is 22.4 Å². The first-order valence-corrected chi connectivity index (χ1v) is 15.5. The smallest absolute Gasteiger partial charge is 0.256 e. The number of hydrogen-bond donors (Lipinski definition) is 3. The van der Waals surface area contributed by atoms with E-state index in [1.807, 2.05) is 4.90 Å². The van der Waals surface area contributed by atoms with Crippen LogP contribution in [0, 0.1) is 13.8 Å². The fourth-order valence-corrected chi connectivity index (χ4v) is 7.38. The van der Waals surface area contributed by atoms with E-state index in [0.29, 0.717) is 71.9 Å². The van der Waals surface area contributed by atoms with Crippen LogP contribution in [-0.4, -0.2) is 62.5 Å². The molecule has 216 valence electrons. The molecule has 0 spiro atoms. The number of nitrogens with zero attached hydrogens (tertiary/aromatic N) is 1. The number of aromatic amines is 1. The highest BCUT2D eigenvalue weighted by Gasteiger charge is 2.29. The summed E-state index contributed by atoms with van der Waals surface area (Å²) in [6, 6.07) is 9.23. The molecule has 0 saturated carbocycles. The molecule has 2 amide bonds. The topological polar surface area (TPSA) is 111 Å². The van der Waals surface area contributed by atoms with Crippen LogP contribution in [0.3, 0.4) is 0 Å². The Kier molecular flexibility index (Phi) is 8.29. The first-order valence-electron chi connectivity index (χ1n) is 13.1. The molecule has 2 aliphatic heterocycles. The van der Waals surface area contributed by atoms with Gasteiger partial charge in [0.15, 0.2) is 9.84 Å². The van der Waals surface area contributed by atoms with E-state index in [1.54, 1.807) is 44.2 Å². The highest BCUT2D eigenvalue weighted by molar-refractivity contribution is 7.90. The second kappa shape index (κ2) is 11.6. The van der Waals surface area contributed by atoms with Crippen molar-refractivity contribution in [1.29, 1.82) is 0 Å². The van der Waals surface area contributed by atoms with Crippen LogP contribution in [0.15, 0.2) is 41.3 Å². The number of amides is 2. The van der Waals surface area contributed by atoms with Gasteiger partial charge in [-0.05, 0) is 62.2 Å². The maximum atomic E-state index is 13.4. The van der Waals surface area contributed by atoms with Crippen molar-refractivity contribution in [3.8, 4) is 0 Å². The van der Waals surface area contributed by atoms with Gasteiger partial charge in [0.05, 0.1) is 21.8 Å². The summed E-state index contributed by atoms with van der Waals surface area (Å²) in [6.07, 6.45) is 1.32. The minimum atomic E-state index is -3.85. The van der Waals surface area contributed by atoms with Crippen molar-refractivity contribution in [2.45, 2.75) is 37.1 Å². The Balaban J connectivity index is 1.39. The van der Waals surface area contributed by atoms with Crippen molar-refractivity contribution in [3.05, 3.63) is 80.1 Å². The van der Waals surface area contributed by atoms with Crippen LogP contribution in [0.25, 0.3) is 11.6 Å². The number of nitrogens with one attached hydrogen (secondary N) is 3. The van der Waals surface area contributed by atoms with Gasteiger partial charge in [-0.25, -0.2) is 12.8 Å². The lowest BCUT2D eigenvalue weighted by Gasteiger charge is -2.14. The lowest BCUT2D eigenvalue weighted by molar-refractivity contribution is -0.110. The van der Waals surface area contributed by atoms with Gasteiger partial charge in [0.2, 0.25) is 0 Å². The fourth-order valence-electron chi connectivity index (χ4n) is 5.26. The van der Waals surface area contributed by atoms with E-state index in [4.69, 9.17) is 23.2 Å². The molecule has 8 nitrogen and oxygen atoms in total. The molecule has 0 aliphatic carbocycles. The number of carbonyl (C=O) groups is 2. The zero-order valence-corrected chi connectivity index (χ0v) is 24.8. The number of aromatic nitrogens is 1. The number of alkyl halides is 1. The molecule has 41 heavy (non-hydrogen) atoms. The van der Waals surface area contributed by atoms with Gasteiger partial charge in [0.25, 0.3) is 11.8 Å². The highest BCUT2D eigenvalue weighted by Crippen LogP contribution is 2.37. The Bertz CT molecular complexity index is 1670. The summed E-state index contributed by atoms with van der Waals surface area (Å²) < 4.78 is 40.0. The number of halogens is 3. The second-order valence-electron chi connectivity index (χ2n) is 10.3. The number of H-pyrrole nitrogens is 1. The third-order valence-electron chi connectivity index (χ3n) is 7.45. The van der Waals surface area contributed by atoms with Gasteiger partial charge in [-0.3, -0.25) is 14.5 Å². The largest absolute Gasteiger partial charge is 0.358 e. The lowest BCUT2D eigenvalue weighted by Crippen LogP contribution is -2.34. The summed E-state index contributed by atoms with van der Waals surface area (Å²) in [5.74, 6) is -1.05. The Morgan fingerprint density at radius 2 is 1.93 bits per heavy atom. The molecule has 2 aliphatic rings. The number of sulfone groups is 1. The van der Waals surface area contributed by atoms with E-state index in [2.05, 4.69) is 15.6 Å². The molecule has 12 heteroatoms. The maximum absolute atomic E-state index is 13.4. The van der Waals surface area contributed by atoms with Crippen molar-refractivity contribution in [1.82, 2.24) is 15.2 Å². The van der Waals surface area contributed by atoms with Crippen LogP contribution in [0.2, 0.25) is 10.0 Å². The standard InChI is InChI=1S/C29H29Cl2FN4O4S/c1-16-26(34-17(2)27(16)29(38)33-9-11-36-10-8-18(32)14-36)13-21-20-12-19(6-7-25(20)35-28(21)37)41(39,40)15-22-23(30)4-3-5-24(22)31/h3-7,12-13,18,34H,8-11,14-15H2,1-2H3,(H,33,38)(H,35,37).